The summed E-state index contributed by atoms with van der Waals surface area (Å²) in [6.45, 7) is 53.3. The number of hydrogen-bond acceptors (Lipinski definition) is 10. The Morgan fingerprint density at radius 2 is 0.911 bits per heavy atom. The number of ketones is 1. The van der Waals surface area contributed by atoms with Crippen LogP contribution in [0.2, 0.25) is 72.5 Å². The molecule has 0 spiro atoms. The molecule has 2 fully saturated rings. The number of ether oxygens (including phenoxy) is 2. The summed E-state index contributed by atoms with van der Waals surface area (Å²) < 4.78 is 38.5. The molecule has 2 aromatic carbocycles. The third-order valence-electron chi connectivity index (χ3n) is 20.2. The molecular formula is C76H130O10Si4. The second kappa shape index (κ2) is 36.0. The van der Waals surface area contributed by atoms with Gasteiger partial charge >= 0.3 is 11.9 Å². The molecule has 2 aliphatic carbocycles. The van der Waals surface area contributed by atoms with Crippen LogP contribution in [0, 0.1) is 23.7 Å². The number of rotatable bonds is 32. The highest BCUT2D eigenvalue weighted by Crippen LogP contribution is 2.47. The van der Waals surface area contributed by atoms with Crippen molar-refractivity contribution in [2.45, 2.75) is 316 Å². The molecule has 0 amide bonds. The van der Waals surface area contributed by atoms with E-state index in [2.05, 4.69) is 245 Å². The van der Waals surface area contributed by atoms with E-state index in [4.69, 9.17) is 27.2 Å². The molecule has 2 aromatic rings. The minimum Gasteiger partial charge on any atom is -0.463 e. The summed E-state index contributed by atoms with van der Waals surface area (Å²) in [5.41, 5.74) is 2.64. The van der Waals surface area contributed by atoms with Gasteiger partial charge in [0.15, 0.2) is 33.3 Å². The summed E-state index contributed by atoms with van der Waals surface area (Å²) in [6, 6.07) is 21.3. The minimum atomic E-state index is -2.09. The van der Waals surface area contributed by atoms with Gasteiger partial charge in [-0.1, -0.05) is 192 Å². The lowest BCUT2D eigenvalue weighted by Crippen LogP contribution is -2.45. The molecule has 10 nitrogen and oxygen atoms in total. The van der Waals surface area contributed by atoms with Crippen molar-refractivity contribution in [2.24, 2.45) is 23.7 Å². The number of hydrogen-bond donors (Lipinski definition) is 1. The van der Waals surface area contributed by atoms with Gasteiger partial charge in [-0.3, -0.25) is 14.4 Å². The summed E-state index contributed by atoms with van der Waals surface area (Å²) in [5, 5.41) is 11.7. The van der Waals surface area contributed by atoms with Gasteiger partial charge in [-0.05, 0) is 188 Å². The van der Waals surface area contributed by atoms with E-state index < -0.39 is 39.4 Å². The zero-order valence-electron chi connectivity index (χ0n) is 61.3. The Labute approximate surface area is 554 Å². The van der Waals surface area contributed by atoms with Gasteiger partial charge in [0.25, 0.3) is 0 Å². The van der Waals surface area contributed by atoms with Crippen molar-refractivity contribution in [1.29, 1.82) is 0 Å². The van der Waals surface area contributed by atoms with Crippen LogP contribution in [0.3, 0.4) is 0 Å². The molecule has 90 heavy (non-hydrogen) atoms. The Kier molecular flexibility index (Phi) is 32.3. The third-order valence-corrected chi connectivity index (χ3v) is 38.2. The maximum absolute atomic E-state index is 13.5. The van der Waals surface area contributed by atoms with Crippen LogP contribution in [0.25, 0.3) is 0 Å². The van der Waals surface area contributed by atoms with Crippen LogP contribution in [0.15, 0.2) is 109 Å². The van der Waals surface area contributed by atoms with E-state index in [0.29, 0.717) is 32.1 Å². The van der Waals surface area contributed by atoms with Gasteiger partial charge in [-0.2, -0.15) is 0 Å². The lowest BCUT2D eigenvalue weighted by Gasteiger charge is -2.40. The van der Waals surface area contributed by atoms with Gasteiger partial charge in [0.1, 0.15) is 5.78 Å². The predicted molar refractivity (Wildman–Crippen MR) is 388 cm³/mol. The van der Waals surface area contributed by atoms with Crippen LogP contribution < -0.4 is 0 Å². The Morgan fingerprint density at radius 3 is 1.30 bits per heavy atom. The SMILES string of the molecule is CC(C)OC(=O)CCC/C=C\C[C@H]1C(=O)CC(O[Si](C)(C)C(C)(C)C)[C@@H]1/C=C/C(CCc1ccccc1)O[Si](C)(C)C(C)(C)C.CC(C)OC(=O)CCC/C=C\C[C@H]1[C@@H](O)CC(O[Si](C)(C)C(C)(C)C)[C@@H]1/C=C/C(CCc1ccccc1)O[Si](C)(C)C(C)(C)C. The maximum Gasteiger partial charge on any atom is 0.306 e. The number of carbonyl (C=O) groups excluding carboxylic acids is 3. The number of benzene rings is 2. The maximum atomic E-state index is 13.5. The summed E-state index contributed by atoms with van der Waals surface area (Å²) in [6.07, 6.45) is 27.2. The van der Waals surface area contributed by atoms with Gasteiger partial charge in [-0.25, -0.2) is 0 Å². The first-order valence-electron chi connectivity index (χ1n) is 34.5. The van der Waals surface area contributed by atoms with Gasteiger partial charge in [0.2, 0.25) is 0 Å². The molecule has 0 aliphatic heterocycles. The third kappa shape index (κ3) is 27.6. The summed E-state index contributed by atoms with van der Waals surface area (Å²) in [7, 11) is -8.19. The molecule has 4 unspecified atom stereocenters. The summed E-state index contributed by atoms with van der Waals surface area (Å²) in [4.78, 5) is 37.3. The van der Waals surface area contributed by atoms with E-state index in [-0.39, 0.29) is 98.2 Å². The summed E-state index contributed by atoms with van der Waals surface area (Å²) in [5.74, 6) is 0.0389. The number of aliphatic hydroxyl groups is 1. The number of esters is 2. The Balaban J connectivity index is 0.000000470. The Morgan fingerprint density at radius 1 is 0.533 bits per heavy atom. The number of Topliss-reactive ketones (excluding diaryl/α,β-unsaturated/α-hetero) is 1. The molecule has 0 bridgehead atoms. The van der Waals surface area contributed by atoms with E-state index in [0.717, 1.165) is 57.8 Å². The average molecular weight is 1320 g/mol. The highest BCUT2D eigenvalue weighted by molar-refractivity contribution is 6.75. The fourth-order valence-electron chi connectivity index (χ4n) is 10.6. The number of unbranched alkanes of at least 4 members (excludes halogenated alkanes) is 2. The monoisotopic (exact) mass is 1310 g/mol. The lowest BCUT2D eigenvalue weighted by molar-refractivity contribution is -0.148. The standard InChI is InChI=1S/C38H66O5Si2.C38H64O5Si2/c2*1-29(2)41-36(40)23-19-14-13-18-22-32-33(35(28-34(32)39)43-45(11,12)38(6,7)8)27-26-31(42-44(9,10)37(3,4)5)25-24-30-20-16-15-17-21-30/h13,15-18,20-21,26-27,29,31-35,39H,14,19,22-25,28H2,1-12H3;13,15-18,20-21,26-27,29,31-33,35H,14,19,22-25,28H2,1-12H3/b2*18-13-,27-26+/t31?,32-,33-,34+,35?;31?,32-,33-,35?/m11/s1. The molecule has 4 rings (SSSR count). The van der Waals surface area contributed by atoms with Crippen molar-refractivity contribution in [1.82, 2.24) is 0 Å². The normalized spacial score (nSPS) is 21.7. The largest absolute Gasteiger partial charge is 0.463 e. The first kappa shape index (κ1) is 80.9. The van der Waals surface area contributed by atoms with E-state index in [1.54, 1.807) is 0 Å². The predicted octanol–water partition coefficient (Wildman–Crippen LogP) is 20.3. The molecular weight excluding hydrogens is 1190 g/mol. The Hall–Kier alpha value is -3.32. The highest BCUT2D eigenvalue weighted by atomic mass is 28.4. The van der Waals surface area contributed by atoms with Gasteiger partial charge in [-0.15, -0.1) is 0 Å². The lowest BCUT2D eigenvalue weighted by atomic mass is 9.89. The van der Waals surface area contributed by atoms with E-state index >= 15 is 0 Å². The molecule has 2 aliphatic rings. The van der Waals surface area contributed by atoms with Crippen LogP contribution in [0.4, 0.5) is 0 Å². The smallest absolute Gasteiger partial charge is 0.306 e. The number of carbonyl (C=O) groups is 3. The fraction of sp³-hybridized carbons (Fsp3) is 0.697. The Bertz CT molecular complexity index is 2560. The molecule has 0 aromatic heterocycles. The zero-order valence-corrected chi connectivity index (χ0v) is 65.3. The van der Waals surface area contributed by atoms with Crippen molar-refractivity contribution in [3.05, 3.63) is 120 Å². The van der Waals surface area contributed by atoms with Crippen LogP contribution in [0.5, 0.6) is 0 Å². The first-order valence-corrected chi connectivity index (χ1v) is 46.2. The first-order chi connectivity index (χ1) is 41.5. The van der Waals surface area contributed by atoms with Gasteiger partial charge < -0.3 is 32.3 Å². The molecule has 14 heteroatoms. The molecule has 0 saturated heterocycles. The van der Waals surface area contributed by atoms with E-state index in [9.17, 15) is 19.5 Å². The van der Waals surface area contributed by atoms with Crippen molar-refractivity contribution in [3.8, 4) is 0 Å². The average Bonchev–Trinajstić information content (AvgIpc) is 1.73. The van der Waals surface area contributed by atoms with Gasteiger partial charge in [0.05, 0.1) is 42.7 Å². The van der Waals surface area contributed by atoms with Crippen LogP contribution in [-0.4, -0.2) is 98.8 Å². The second-order valence-electron chi connectivity index (χ2n) is 32.7. The number of aryl methyl sites for hydroxylation is 2. The van der Waals surface area contributed by atoms with Crippen LogP contribution in [0.1, 0.15) is 199 Å². The van der Waals surface area contributed by atoms with Crippen LogP contribution >= 0.6 is 0 Å². The van der Waals surface area contributed by atoms with Crippen LogP contribution in [-0.2, 0) is 54.4 Å². The zero-order chi connectivity index (χ0) is 68.1. The van der Waals surface area contributed by atoms with E-state index in [1.807, 2.05) is 27.7 Å². The van der Waals surface area contributed by atoms with E-state index in [1.165, 1.54) is 11.1 Å². The second-order valence-corrected chi connectivity index (χ2v) is 51.7. The molecule has 1 N–H and O–H groups in total. The van der Waals surface area contributed by atoms with Crippen molar-refractivity contribution < 1.29 is 46.7 Å². The minimum absolute atomic E-state index is 0.000430. The topological polar surface area (TPSA) is 127 Å². The number of allylic oxidation sites excluding steroid dienone is 4. The fourth-order valence-corrected chi connectivity index (χ4v) is 15.9. The van der Waals surface area contributed by atoms with Crippen molar-refractivity contribution in [2.75, 3.05) is 0 Å². The van der Waals surface area contributed by atoms with Crippen molar-refractivity contribution in [3.63, 3.8) is 0 Å². The molecule has 0 radical (unpaired) electrons. The highest BCUT2D eigenvalue weighted by Gasteiger charge is 2.49. The number of aliphatic hydroxyl groups excluding tert-OH is 1. The molecule has 0 heterocycles. The van der Waals surface area contributed by atoms with Crippen molar-refractivity contribution >= 4 is 51.0 Å². The van der Waals surface area contributed by atoms with Gasteiger partial charge in [0, 0.05) is 37.0 Å². The molecule has 510 valence electrons. The molecule has 2 saturated carbocycles. The quantitative estimate of drug-likeness (QED) is 0.0327. The molecule has 9 atom stereocenters. The summed E-state index contributed by atoms with van der Waals surface area (Å²) >= 11 is 0.